The maximum absolute atomic E-state index is 10.0. The van der Waals surface area contributed by atoms with E-state index in [0.29, 0.717) is 56.2 Å². The molecule has 2 heterocycles. The van der Waals surface area contributed by atoms with Crippen LogP contribution in [0.5, 0.6) is 0 Å². The Kier molecular flexibility index (Phi) is 7.03. The van der Waals surface area contributed by atoms with E-state index in [2.05, 4.69) is 59.5 Å². The van der Waals surface area contributed by atoms with Crippen molar-refractivity contribution >= 4 is 33.9 Å². The zero-order valence-electron chi connectivity index (χ0n) is 23.5. The Balaban J connectivity index is 1.90. The van der Waals surface area contributed by atoms with Gasteiger partial charge in [-0.3, -0.25) is 9.99 Å². The lowest BCUT2D eigenvalue weighted by Gasteiger charge is -2.30. The molecule has 0 saturated carbocycles. The minimum Gasteiger partial charge on any atom is -0.383 e. The molecular formula is C29H33ClN8. The Labute approximate surface area is 230 Å². The van der Waals surface area contributed by atoms with E-state index in [1.165, 1.54) is 6.20 Å². The van der Waals surface area contributed by atoms with Gasteiger partial charge in [0.05, 0.1) is 35.4 Å². The molecule has 1 atom stereocenters. The summed E-state index contributed by atoms with van der Waals surface area (Å²) < 4.78 is 9.70. The molecule has 4 N–H and O–H groups in total. The number of fused-ring (bicyclic) bond motifs is 1. The van der Waals surface area contributed by atoms with E-state index in [-0.39, 0.29) is 11.0 Å². The number of halogens is 1. The predicted molar refractivity (Wildman–Crippen MR) is 153 cm³/mol. The highest BCUT2D eigenvalue weighted by molar-refractivity contribution is 6.31. The summed E-state index contributed by atoms with van der Waals surface area (Å²) in [7, 11) is 0. The molecule has 196 valence electrons. The number of rotatable bonds is 6. The molecule has 4 rings (SSSR count). The lowest BCUT2D eigenvalue weighted by atomic mass is 9.96. The van der Waals surface area contributed by atoms with Gasteiger partial charge in [0.2, 0.25) is 0 Å². The Morgan fingerprint density at radius 3 is 2.42 bits per heavy atom. The number of hydrogen-bond acceptors (Lipinski definition) is 8. The zero-order chi connectivity index (χ0) is 28.6. The lowest BCUT2D eigenvalue weighted by Crippen LogP contribution is -2.47. The minimum atomic E-state index is -1.56. The monoisotopic (exact) mass is 529 g/mol. The van der Waals surface area contributed by atoms with Gasteiger partial charge in [0.1, 0.15) is 12.1 Å². The van der Waals surface area contributed by atoms with Crippen LogP contribution in [0.4, 0.5) is 11.4 Å². The first kappa shape index (κ1) is 25.7. The number of nitrogens with one attached hydrogen (secondary N) is 4. The van der Waals surface area contributed by atoms with Crippen LogP contribution in [0.2, 0.25) is 5.02 Å². The molecule has 1 aliphatic rings. The van der Waals surface area contributed by atoms with Crippen molar-refractivity contribution in [1.82, 2.24) is 21.0 Å². The average molecular weight is 530 g/mol. The van der Waals surface area contributed by atoms with Crippen LogP contribution in [-0.2, 0) is 0 Å². The molecule has 0 aliphatic carbocycles. The molecule has 2 aromatic carbocycles. The van der Waals surface area contributed by atoms with Gasteiger partial charge in [0.15, 0.2) is 0 Å². The average Bonchev–Trinajstić information content (AvgIpc) is 3.38. The molecule has 1 aromatic heterocycles. The third kappa shape index (κ3) is 5.78. The highest BCUT2D eigenvalue weighted by Crippen LogP contribution is 2.36. The van der Waals surface area contributed by atoms with Gasteiger partial charge in [-0.25, -0.2) is 0 Å². The van der Waals surface area contributed by atoms with Crippen molar-refractivity contribution in [3.8, 4) is 12.1 Å². The van der Waals surface area contributed by atoms with E-state index in [4.69, 9.17) is 11.6 Å². The molecule has 0 spiro atoms. The summed E-state index contributed by atoms with van der Waals surface area (Å²) >= 11 is 6.62. The Morgan fingerprint density at radius 1 is 1.11 bits per heavy atom. The Hall–Kier alpha value is -3.98. The van der Waals surface area contributed by atoms with Crippen LogP contribution in [0.15, 0.2) is 54.5 Å². The molecule has 0 amide bonds. The molecule has 0 saturated heterocycles. The van der Waals surface area contributed by atoms with Crippen LogP contribution < -0.4 is 21.6 Å². The summed E-state index contributed by atoms with van der Waals surface area (Å²) in [6.45, 7) is 13.0. The first-order chi connectivity index (χ1) is 18.3. The van der Waals surface area contributed by atoms with Crippen molar-refractivity contribution in [2.45, 2.75) is 53.1 Å². The normalized spacial score (nSPS) is 15.6. The predicted octanol–water partition coefficient (Wildman–Crippen LogP) is 6.21. The van der Waals surface area contributed by atoms with Crippen molar-refractivity contribution in [3.63, 3.8) is 0 Å². The first-order valence-corrected chi connectivity index (χ1v) is 12.7. The van der Waals surface area contributed by atoms with Crippen LogP contribution in [0, 0.1) is 28.1 Å². The third-order valence-corrected chi connectivity index (χ3v) is 6.31. The molecule has 3 aromatic rings. The van der Waals surface area contributed by atoms with Gasteiger partial charge in [-0.2, -0.15) is 10.5 Å². The van der Waals surface area contributed by atoms with Gasteiger partial charge in [-0.05, 0) is 49.9 Å². The number of anilines is 2. The smallest absolute Gasteiger partial charge is 0.103 e. The zero-order valence-corrected chi connectivity index (χ0v) is 23.2. The van der Waals surface area contributed by atoms with Gasteiger partial charge in [-0.1, -0.05) is 50.6 Å². The maximum atomic E-state index is 10.0. The lowest BCUT2D eigenvalue weighted by molar-refractivity contribution is 0.138. The second-order valence-electron chi connectivity index (χ2n) is 11.4. The standard InChI is InChI=1S/C29H33ClN8/c1-28(2,3)17-34-26-19(14-32)15-33-25-18(13-31)11-20(12-22(25)26)35-27(21-9-7-8-10-23(21)30)24-16-38(37-36-24)29(4,5)6/h7-12,15-16,27,35-37H,17H2,1-6H3,(H,33,34)/i27D. The van der Waals surface area contributed by atoms with E-state index in [1.807, 2.05) is 50.2 Å². The van der Waals surface area contributed by atoms with Crippen molar-refractivity contribution in [3.05, 3.63) is 76.2 Å². The summed E-state index contributed by atoms with van der Waals surface area (Å²) in [5.74, 6) is 0. The minimum absolute atomic E-state index is 0.0524. The molecule has 38 heavy (non-hydrogen) atoms. The second-order valence-corrected chi connectivity index (χ2v) is 11.8. The summed E-state index contributed by atoms with van der Waals surface area (Å²) in [5.41, 5.74) is 9.24. The molecular weight excluding hydrogens is 496 g/mol. The molecule has 0 bridgehead atoms. The molecule has 1 aliphatic heterocycles. The number of aromatic nitrogens is 1. The van der Waals surface area contributed by atoms with Gasteiger partial charge in [0.25, 0.3) is 0 Å². The summed E-state index contributed by atoms with van der Waals surface area (Å²) in [5, 5.41) is 29.5. The highest BCUT2D eigenvalue weighted by Gasteiger charge is 2.29. The van der Waals surface area contributed by atoms with Gasteiger partial charge in [-0.15, -0.1) is 5.53 Å². The van der Waals surface area contributed by atoms with E-state index >= 15 is 0 Å². The van der Waals surface area contributed by atoms with E-state index < -0.39 is 6.02 Å². The first-order valence-electron chi connectivity index (χ1n) is 12.8. The van der Waals surface area contributed by atoms with E-state index in [0.717, 1.165) is 0 Å². The van der Waals surface area contributed by atoms with Crippen LogP contribution >= 0.6 is 11.6 Å². The van der Waals surface area contributed by atoms with Crippen LogP contribution in [-0.4, -0.2) is 22.1 Å². The molecule has 0 fully saturated rings. The van der Waals surface area contributed by atoms with Crippen molar-refractivity contribution in [2.24, 2.45) is 5.41 Å². The SMILES string of the molecule is [2H]C(Nc1cc(C#N)c2ncc(C#N)c(NCC(C)(C)C)c2c1)(C1=CN(C(C)(C)C)NN1)c1ccccc1Cl. The fraction of sp³-hybridized carbons (Fsp3) is 0.345. The van der Waals surface area contributed by atoms with E-state index in [9.17, 15) is 11.9 Å². The van der Waals surface area contributed by atoms with Crippen LogP contribution in [0.1, 0.15) is 65.6 Å². The molecule has 9 heteroatoms. The van der Waals surface area contributed by atoms with Gasteiger partial charge in [0, 0.05) is 40.6 Å². The fourth-order valence-electron chi connectivity index (χ4n) is 3.98. The highest BCUT2D eigenvalue weighted by atomic mass is 35.5. The van der Waals surface area contributed by atoms with Crippen molar-refractivity contribution in [2.75, 3.05) is 17.2 Å². The third-order valence-electron chi connectivity index (χ3n) is 5.98. The summed E-state index contributed by atoms with van der Waals surface area (Å²) in [4.78, 5) is 4.43. The topological polar surface area (TPSA) is 112 Å². The van der Waals surface area contributed by atoms with Gasteiger partial charge < -0.3 is 16.1 Å². The molecule has 0 radical (unpaired) electrons. The van der Waals surface area contributed by atoms with E-state index in [1.54, 1.807) is 18.2 Å². The number of benzene rings is 2. The number of pyridine rings is 1. The second kappa shape index (κ2) is 10.4. The Morgan fingerprint density at radius 2 is 1.82 bits per heavy atom. The summed E-state index contributed by atoms with van der Waals surface area (Å²) in [6, 6.07) is 13.5. The van der Waals surface area contributed by atoms with Crippen LogP contribution in [0.25, 0.3) is 10.9 Å². The van der Waals surface area contributed by atoms with Crippen LogP contribution in [0.3, 0.4) is 0 Å². The summed E-state index contributed by atoms with van der Waals surface area (Å²) in [6.07, 6.45) is 3.32. The number of nitrogens with zero attached hydrogens (tertiary/aromatic N) is 4. The number of hydrogen-bond donors (Lipinski definition) is 4. The number of hydrazine groups is 2. The van der Waals surface area contributed by atoms with Crippen molar-refractivity contribution in [1.29, 1.82) is 10.5 Å². The molecule has 1 unspecified atom stereocenters. The fourth-order valence-corrected chi connectivity index (χ4v) is 4.21. The Bertz CT molecular complexity index is 1520. The van der Waals surface area contributed by atoms with Gasteiger partial charge >= 0.3 is 0 Å². The number of nitriles is 2. The largest absolute Gasteiger partial charge is 0.383 e. The van der Waals surface area contributed by atoms with Crippen molar-refractivity contribution < 1.29 is 1.37 Å². The maximum Gasteiger partial charge on any atom is 0.103 e. The quantitative estimate of drug-likeness (QED) is 0.298. The molecule has 8 nitrogen and oxygen atoms in total.